The number of anilines is 1. The number of carbonyl (C=O) groups is 2. The van der Waals surface area contributed by atoms with Crippen molar-refractivity contribution in [1.82, 2.24) is 4.57 Å². The number of hydrogen-bond donors (Lipinski definition) is 4. The number of carboxylic acids is 1. The number of nitrogens with one attached hydrogen (secondary N) is 1. The van der Waals surface area contributed by atoms with Crippen LogP contribution in [0.15, 0.2) is 84.9 Å². The zero-order chi connectivity index (χ0) is 29.5. The van der Waals surface area contributed by atoms with Gasteiger partial charge in [0.2, 0.25) is 0 Å². The van der Waals surface area contributed by atoms with Crippen molar-refractivity contribution in [3.8, 4) is 22.4 Å². The first kappa shape index (κ1) is 29.7. The van der Waals surface area contributed by atoms with Gasteiger partial charge in [0, 0.05) is 29.1 Å². The van der Waals surface area contributed by atoms with Crippen molar-refractivity contribution in [2.45, 2.75) is 57.8 Å². The zero-order valence-electron chi connectivity index (χ0n) is 23.1. The predicted molar refractivity (Wildman–Crippen MR) is 157 cm³/mol. The molecule has 214 valence electrons. The largest absolute Gasteiger partial charge is 0.481 e. The van der Waals surface area contributed by atoms with Gasteiger partial charge >= 0.3 is 5.97 Å². The number of nitrogens with zero attached hydrogens (tertiary/aromatic N) is 1. The van der Waals surface area contributed by atoms with Gasteiger partial charge in [0.05, 0.1) is 29.9 Å². The van der Waals surface area contributed by atoms with E-state index in [0.29, 0.717) is 28.1 Å². The SMILES string of the molecule is CC(C)c1c(C(=O)Nc2ccccc2)c(-c2ccccc2)c(-c2cccc(F)c2)n1CCC(O)CC(O)CC(=O)O. The van der Waals surface area contributed by atoms with Gasteiger partial charge in [0.1, 0.15) is 5.82 Å². The molecular weight excluding hydrogens is 523 g/mol. The Morgan fingerprint density at radius 1 is 0.878 bits per heavy atom. The van der Waals surface area contributed by atoms with Crippen LogP contribution in [0.25, 0.3) is 22.4 Å². The van der Waals surface area contributed by atoms with Crippen molar-refractivity contribution < 1.29 is 29.3 Å². The molecule has 2 atom stereocenters. The minimum Gasteiger partial charge on any atom is -0.481 e. The Morgan fingerprint density at radius 2 is 1.51 bits per heavy atom. The molecular formula is C33H35FN2O5. The molecule has 0 bridgehead atoms. The first-order valence-corrected chi connectivity index (χ1v) is 13.7. The summed E-state index contributed by atoms with van der Waals surface area (Å²) >= 11 is 0. The molecule has 8 heteroatoms. The van der Waals surface area contributed by atoms with Crippen LogP contribution in [0.2, 0.25) is 0 Å². The normalized spacial score (nSPS) is 12.7. The number of benzene rings is 3. The van der Waals surface area contributed by atoms with Crippen LogP contribution >= 0.6 is 0 Å². The number of para-hydroxylation sites is 1. The quantitative estimate of drug-likeness (QED) is 0.163. The Hall–Kier alpha value is -4.27. The molecule has 2 unspecified atom stereocenters. The molecule has 1 aromatic heterocycles. The van der Waals surface area contributed by atoms with Crippen LogP contribution in [0, 0.1) is 5.82 Å². The molecule has 4 aromatic rings. The van der Waals surface area contributed by atoms with Gasteiger partial charge in [-0.25, -0.2) is 4.39 Å². The molecule has 0 aliphatic rings. The van der Waals surface area contributed by atoms with E-state index in [1.807, 2.05) is 66.9 Å². The maximum absolute atomic E-state index is 14.6. The topological polar surface area (TPSA) is 112 Å². The summed E-state index contributed by atoms with van der Waals surface area (Å²) in [7, 11) is 0. The summed E-state index contributed by atoms with van der Waals surface area (Å²) in [5, 5.41) is 32.8. The number of aliphatic carboxylic acids is 1. The molecule has 0 spiro atoms. The molecule has 7 nitrogen and oxygen atoms in total. The van der Waals surface area contributed by atoms with E-state index in [4.69, 9.17) is 5.11 Å². The highest BCUT2D eigenvalue weighted by molar-refractivity contribution is 6.12. The summed E-state index contributed by atoms with van der Waals surface area (Å²) in [6.45, 7) is 4.20. The molecule has 4 rings (SSSR count). The molecule has 1 heterocycles. The Balaban J connectivity index is 1.90. The number of aliphatic hydroxyl groups is 2. The maximum atomic E-state index is 14.6. The highest BCUT2D eigenvalue weighted by Crippen LogP contribution is 2.42. The van der Waals surface area contributed by atoms with E-state index >= 15 is 0 Å². The van der Waals surface area contributed by atoms with Gasteiger partial charge in [0.15, 0.2) is 0 Å². The molecule has 0 aliphatic carbocycles. The zero-order valence-corrected chi connectivity index (χ0v) is 23.1. The monoisotopic (exact) mass is 558 g/mol. The molecule has 41 heavy (non-hydrogen) atoms. The number of aromatic nitrogens is 1. The van der Waals surface area contributed by atoms with Crippen LogP contribution in [0.1, 0.15) is 55.1 Å². The van der Waals surface area contributed by atoms with Crippen LogP contribution in [-0.2, 0) is 11.3 Å². The minimum atomic E-state index is -1.19. The lowest BCUT2D eigenvalue weighted by molar-refractivity contribution is -0.139. The Bertz CT molecular complexity index is 1480. The molecule has 4 N–H and O–H groups in total. The van der Waals surface area contributed by atoms with Crippen LogP contribution in [0.4, 0.5) is 10.1 Å². The number of rotatable bonds is 12. The molecule has 0 saturated heterocycles. The maximum Gasteiger partial charge on any atom is 0.305 e. The lowest BCUT2D eigenvalue weighted by Crippen LogP contribution is -2.22. The van der Waals surface area contributed by atoms with E-state index in [1.54, 1.807) is 24.3 Å². The second-order valence-corrected chi connectivity index (χ2v) is 10.4. The summed E-state index contributed by atoms with van der Waals surface area (Å²) < 4.78 is 16.5. The number of carboxylic acid groups (broad SMARTS) is 1. The summed E-state index contributed by atoms with van der Waals surface area (Å²) in [4.78, 5) is 25.0. The summed E-state index contributed by atoms with van der Waals surface area (Å²) in [6.07, 6.45) is -2.57. The number of hydrogen-bond acceptors (Lipinski definition) is 4. The summed E-state index contributed by atoms with van der Waals surface area (Å²) in [5.41, 5.74) is 4.44. The van der Waals surface area contributed by atoms with E-state index in [-0.39, 0.29) is 31.2 Å². The van der Waals surface area contributed by atoms with Gasteiger partial charge in [-0.05, 0) is 48.6 Å². The summed E-state index contributed by atoms with van der Waals surface area (Å²) in [5.74, 6) is -2.02. The number of carbonyl (C=O) groups excluding carboxylic acids is 1. The lowest BCUT2D eigenvalue weighted by Gasteiger charge is -2.20. The third-order valence-electron chi connectivity index (χ3n) is 6.91. The van der Waals surface area contributed by atoms with E-state index in [9.17, 15) is 24.2 Å². The Labute approximate surface area is 238 Å². The third-order valence-corrected chi connectivity index (χ3v) is 6.91. The second-order valence-electron chi connectivity index (χ2n) is 10.4. The van der Waals surface area contributed by atoms with E-state index < -0.39 is 30.4 Å². The smallest absolute Gasteiger partial charge is 0.305 e. The fourth-order valence-corrected chi connectivity index (χ4v) is 5.23. The predicted octanol–water partition coefficient (Wildman–Crippen LogP) is 6.31. The third kappa shape index (κ3) is 7.28. The van der Waals surface area contributed by atoms with Crippen molar-refractivity contribution in [2.24, 2.45) is 0 Å². The molecule has 1 amide bonds. The van der Waals surface area contributed by atoms with Crippen molar-refractivity contribution in [3.63, 3.8) is 0 Å². The van der Waals surface area contributed by atoms with Gasteiger partial charge in [-0.2, -0.15) is 0 Å². The molecule has 3 aromatic carbocycles. The minimum absolute atomic E-state index is 0.104. The summed E-state index contributed by atoms with van der Waals surface area (Å²) in [6, 6.07) is 24.8. The molecule has 0 aliphatic heterocycles. The number of amides is 1. The van der Waals surface area contributed by atoms with Gasteiger partial charge in [-0.15, -0.1) is 0 Å². The van der Waals surface area contributed by atoms with Gasteiger partial charge in [0.25, 0.3) is 5.91 Å². The molecule has 0 saturated carbocycles. The molecule has 0 fully saturated rings. The Morgan fingerprint density at radius 3 is 2.12 bits per heavy atom. The lowest BCUT2D eigenvalue weighted by atomic mass is 9.94. The second kappa shape index (κ2) is 13.4. The van der Waals surface area contributed by atoms with Crippen LogP contribution in [-0.4, -0.2) is 44.0 Å². The average molecular weight is 559 g/mol. The van der Waals surface area contributed by atoms with E-state index in [1.165, 1.54) is 12.1 Å². The number of halogens is 1. The van der Waals surface area contributed by atoms with Crippen molar-refractivity contribution in [1.29, 1.82) is 0 Å². The van der Waals surface area contributed by atoms with Gasteiger partial charge < -0.3 is 25.2 Å². The van der Waals surface area contributed by atoms with E-state index in [0.717, 1.165) is 11.3 Å². The highest BCUT2D eigenvalue weighted by Gasteiger charge is 2.31. The van der Waals surface area contributed by atoms with Gasteiger partial charge in [-0.1, -0.05) is 74.5 Å². The van der Waals surface area contributed by atoms with E-state index in [2.05, 4.69) is 5.32 Å². The first-order chi connectivity index (χ1) is 19.7. The van der Waals surface area contributed by atoms with Crippen LogP contribution < -0.4 is 5.32 Å². The standard InChI is InChI=1S/C33H35FN2O5/c1-21(2)31-30(33(41)35-25-14-7-4-8-15-25)29(22-10-5-3-6-11-22)32(23-12-9-13-24(34)18-23)36(31)17-16-26(37)19-27(38)20-28(39)40/h3-15,18,21,26-27,37-38H,16-17,19-20H2,1-2H3,(H,35,41)(H,39,40). The van der Waals surface area contributed by atoms with Crippen LogP contribution in [0.5, 0.6) is 0 Å². The average Bonchev–Trinajstić information content (AvgIpc) is 3.28. The molecule has 0 radical (unpaired) electrons. The highest BCUT2D eigenvalue weighted by atomic mass is 19.1. The fourth-order valence-electron chi connectivity index (χ4n) is 5.23. The van der Waals surface area contributed by atoms with Crippen molar-refractivity contribution in [3.05, 3.63) is 102 Å². The fraction of sp³-hybridized carbons (Fsp3) is 0.273. The van der Waals surface area contributed by atoms with Crippen molar-refractivity contribution >= 4 is 17.6 Å². The Kier molecular flexibility index (Phi) is 9.70. The van der Waals surface area contributed by atoms with Crippen molar-refractivity contribution in [2.75, 3.05) is 5.32 Å². The first-order valence-electron chi connectivity index (χ1n) is 13.7. The number of aliphatic hydroxyl groups excluding tert-OH is 2. The van der Waals surface area contributed by atoms with Crippen LogP contribution in [0.3, 0.4) is 0 Å². The van der Waals surface area contributed by atoms with Gasteiger partial charge in [-0.3, -0.25) is 9.59 Å².